The fourth-order valence-electron chi connectivity index (χ4n) is 1.28. The van der Waals surface area contributed by atoms with E-state index < -0.39 is 6.10 Å². The first kappa shape index (κ1) is 12.1. The van der Waals surface area contributed by atoms with Crippen LogP contribution >= 0.6 is 0 Å². The number of hydrogen-bond donors (Lipinski definition) is 1. The van der Waals surface area contributed by atoms with Crippen molar-refractivity contribution in [1.29, 1.82) is 0 Å². The number of aromatic nitrogens is 3. The predicted molar refractivity (Wildman–Crippen MR) is 56.5 cm³/mol. The maximum Gasteiger partial charge on any atom is 0.138 e. The lowest BCUT2D eigenvalue weighted by molar-refractivity contribution is 0.00512. The zero-order valence-electron chi connectivity index (χ0n) is 9.55. The Hall–Kier alpha value is -0.940. The summed E-state index contributed by atoms with van der Waals surface area (Å²) in [5.74, 6) is 0.803. The molecule has 0 saturated heterocycles. The lowest BCUT2D eigenvalue weighted by Gasteiger charge is -2.13. The quantitative estimate of drug-likeness (QED) is 0.752. The summed E-state index contributed by atoms with van der Waals surface area (Å²) >= 11 is 0. The molecule has 0 bridgehead atoms. The van der Waals surface area contributed by atoms with Crippen LogP contribution < -0.4 is 0 Å². The van der Waals surface area contributed by atoms with Crippen LogP contribution in [0.3, 0.4) is 0 Å². The summed E-state index contributed by atoms with van der Waals surface area (Å²) in [6.07, 6.45) is 1.63. The van der Waals surface area contributed by atoms with Gasteiger partial charge >= 0.3 is 0 Å². The molecule has 1 aromatic rings. The zero-order valence-corrected chi connectivity index (χ0v) is 9.55. The van der Waals surface area contributed by atoms with Crippen LogP contribution in [-0.2, 0) is 17.7 Å². The van der Waals surface area contributed by atoms with Gasteiger partial charge in [-0.15, -0.1) is 0 Å². The van der Waals surface area contributed by atoms with Gasteiger partial charge in [-0.25, -0.2) is 4.98 Å². The molecule has 0 aliphatic rings. The van der Waals surface area contributed by atoms with E-state index in [0.717, 1.165) is 12.4 Å². The van der Waals surface area contributed by atoms with E-state index in [1.807, 2.05) is 20.8 Å². The number of rotatable bonds is 6. The minimum absolute atomic E-state index is 0.142. The Kier molecular flexibility index (Phi) is 4.71. The van der Waals surface area contributed by atoms with E-state index >= 15 is 0 Å². The Bertz CT molecular complexity index is 286. The average molecular weight is 213 g/mol. The van der Waals surface area contributed by atoms with Gasteiger partial charge in [-0.1, -0.05) is 0 Å². The second-order valence-electron chi connectivity index (χ2n) is 3.73. The highest BCUT2D eigenvalue weighted by Gasteiger charge is 2.11. The van der Waals surface area contributed by atoms with Crippen LogP contribution in [0, 0.1) is 0 Å². The highest BCUT2D eigenvalue weighted by atomic mass is 16.5. The SMILES string of the molecule is CCn1ncnc1CC(O)COC(C)C. The molecular weight excluding hydrogens is 194 g/mol. The maximum atomic E-state index is 9.68. The molecule has 1 heterocycles. The molecule has 0 radical (unpaired) electrons. The molecule has 0 fully saturated rings. The first-order chi connectivity index (χ1) is 7.13. The van der Waals surface area contributed by atoms with Crippen molar-refractivity contribution in [2.45, 2.75) is 45.9 Å². The van der Waals surface area contributed by atoms with Crippen LogP contribution in [0.4, 0.5) is 0 Å². The van der Waals surface area contributed by atoms with Crippen molar-refractivity contribution >= 4 is 0 Å². The van der Waals surface area contributed by atoms with Crippen molar-refractivity contribution < 1.29 is 9.84 Å². The summed E-state index contributed by atoms with van der Waals surface area (Å²) in [6, 6.07) is 0. The molecule has 5 heteroatoms. The van der Waals surface area contributed by atoms with Crippen molar-refractivity contribution in [3.63, 3.8) is 0 Å². The molecule has 0 saturated carbocycles. The first-order valence-electron chi connectivity index (χ1n) is 5.29. The van der Waals surface area contributed by atoms with Crippen LogP contribution in [0.15, 0.2) is 6.33 Å². The second-order valence-corrected chi connectivity index (χ2v) is 3.73. The largest absolute Gasteiger partial charge is 0.390 e. The molecule has 86 valence electrons. The molecule has 1 N–H and O–H groups in total. The summed E-state index contributed by atoms with van der Waals surface area (Å²) in [6.45, 7) is 7.00. The minimum atomic E-state index is -0.512. The van der Waals surface area contributed by atoms with Gasteiger partial charge in [0.1, 0.15) is 12.2 Å². The fourth-order valence-corrected chi connectivity index (χ4v) is 1.28. The van der Waals surface area contributed by atoms with Crippen LogP contribution in [0.2, 0.25) is 0 Å². The van der Waals surface area contributed by atoms with Gasteiger partial charge in [0.25, 0.3) is 0 Å². The van der Waals surface area contributed by atoms with Gasteiger partial charge in [-0.3, -0.25) is 4.68 Å². The van der Waals surface area contributed by atoms with Crippen LogP contribution in [-0.4, -0.2) is 38.7 Å². The standard InChI is InChI=1S/C10H19N3O2/c1-4-13-10(11-7-12-13)5-9(14)6-15-8(2)3/h7-9,14H,4-6H2,1-3H3. The van der Waals surface area contributed by atoms with E-state index in [-0.39, 0.29) is 6.10 Å². The van der Waals surface area contributed by atoms with Gasteiger partial charge in [0.2, 0.25) is 0 Å². The van der Waals surface area contributed by atoms with Crippen LogP contribution in [0.25, 0.3) is 0 Å². The van der Waals surface area contributed by atoms with Crippen LogP contribution in [0.1, 0.15) is 26.6 Å². The molecule has 0 aliphatic carbocycles. The van der Waals surface area contributed by atoms with Crippen molar-refractivity contribution in [2.75, 3.05) is 6.61 Å². The third kappa shape index (κ3) is 3.97. The van der Waals surface area contributed by atoms with Crippen molar-refractivity contribution in [3.8, 4) is 0 Å². The maximum absolute atomic E-state index is 9.68. The van der Waals surface area contributed by atoms with E-state index in [1.165, 1.54) is 6.33 Å². The summed E-state index contributed by atoms with van der Waals surface area (Å²) in [7, 11) is 0. The molecule has 0 aromatic carbocycles. The van der Waals surface area contributed by atoms with E-state index in [2.05, 4.69) is 10.1 Å². The Morgan fingerprint density at radius 3 is 2.87 bits per heavy atom. The highest BCUT2D eigenvalue weighted by molar-refractivity contribution is 4.87. The van der Waals surface area contributed by atoms with Crippen molar-refractivity contribution in [2.24, 2.45) is 0 Å². The summed E-state index contributed by atoms with van der Waals surface area (Å²) in [5.41, 5.74) is 0. The van der Waals surface area contributed by atoms with E-state index in [1.54, 1.807) is 4.68 Å². The van der Waals surface area contributed by atoms with Gasteiger partial charge in [-0.2, -0.15) is 5.10 Å². The number of aryl methyl sites for hydroxylation is 1. The van der Waals surface area contributed by atoms with Gasteiger partial charge in [-0.05, 0) is 20.8 Å². The number of ether oxygens (including phenoxy) is 1. The second kappa shape index (κ2) is 5.82. The minimum Gasteiger partial charge on any atom is -0.390 e. The first-order valence-corrected chi connectivity index (χ1v) is 5.29. The van der Waals surface area contributed by atoms with Gasteiger partial charge in [0.15, 0.2) is 0 Å². The predicted octanol–water partition coefficient (Wildman–Crippen LogP) is 0.626. The molecule has 0 aliphatic heterocycles. The third-order valence-corrected chi connectivity index (χ3v) is 2.04. The topological polar surface area (TPSA) is 60.2 Å². The summed E-state index contributed by atoms with van der Waals surface area (Å²) in [5, 5.41) is 13.7. The molecule has 0 spiro atoms. The number of nitrogens with zero attached hydrogens (tertiary/aromatic N) is 3. The normalized spacial score (nSPS) is 13.4. The molecular formula is C10H19N3O2. The smallest absolute Gasteiger partial charge is 0.138 e. The molecule has 1 atom stereocenters. The summed E-state index contributed by atoms with van der Waals surface area (Å²) < 4.78 is 7.09. The summed E-state index contributed by atoms with van der Waals surface area (Å²) in [4.78, 5) is 4.09. The van der Waals surface area contributed by atoms with Crippen molar-refractivity contribution in [3.05, 3.63) is 12.2 Å². The number of aliphatic hydroxyl groups excluding tert-OH is 1. The number of aliphatic hydroxyl groups is 1. The Labute approximate surface area is 90.1 Å². The van der Waals surface area contributed by atoms with E-state index in [4.69, 9.17) is 4.74 Å². The molecule has 5 nitrogen and oxygen atoms in total. The fraction of sp³-hybridized carbons (Fsp3) is 0.800. The van der Waals surface area contributed by atoms with E-state index in [0.29, 0.717) is 13.0 Å². The Morgan fingerprint density at radius 1 is 1.53 bits per heavy atom. The Morgan fingerprint density at radius 2 is 2.27 bits per heavy atom. The lowest BCUT2D eigenvalue weighted by Crippen LogP contribution is -2.22. The van der Waals surface area contributed by atoms with Gasteiger partial charge in [0, 0.05) is 13.0 Å². The van der Waals surface area contributed by atoms with Crippen molar-refractivity contribution in [1.82, 2.24) is 14.8 Å². The van der Waals surface area contributed by atoms with E-state index in [9.17, 15) is 5.11 Å². The lowest BCUT2D eigenvalue weighted by atomic mass is 10.2. The highest BCUT2D eigenvalue weighted by Crippen LogP contribution is 2.01. The van der Waals surface area contributed by atoms with Crippen LogP contribution in [0.5, 0.6) is 0 Å². The molecule has 15 heavy (non-hydrogen) atoms. The molecule has 1 aromatic heterocycles. The number of hydrogen-bond acceptors (Lipinski definition) is 4. The Balaban J connectivity index is 2.40. The monoisotopic (exact) mass is 213 g/mol. The average Bonchev–Trinajstić information content (AvgIpc) is 2.62. The van der Waals surface area contributed by atoms with Gasteiger partial charge < -0.3 is 9.84 Å². The molecule has 0 amide bonds. The zero-order chi connectivity index (χ0) is 11.3. The molecule has 1 rings (SSSR count). The third-order valence-electron chi connectivity index (χ3n) is 2.04. The van der Waals surface area contributed by atoms with Gasteiger partial charge in [0.05, 0.1) is 18.8 Å². The molecule has 1 unspecified atom stereocenters.